The highest BCUT2D eigenvalue weighted by molar-refractivity contribution is 5.91. The molecule has 0 aliphatic carbocycles. The Kier molecular flexibility index (Phi) is 2.99. The van der Waals surface area contributed by atoms with Crippen molar-refractivity contribution in [1.82, 2.24) is 5.32 Å². The van der Waals surface area contributed by atoms with Crippen molar-refractivity contribution in [3.05, 3.63) is 53.5 Å². The minimum Gasteiger partial charge on any atom is -0.493 e. The third-order valence-corrected chi connectivity index (χ3v) is 3.23. The quantitative estimate of drug-likeness (QED) is 0.900. The maximum absolute atomic E-state index is 12.1. The molecule has 1 atom stereocenters. The average Bonchev–Trinajstić information content (AvgIpc) is 2.86. The van der Waals surface area contributed by atoms with E-state index in [1.54, 1.807) is 12.1 Å². The number of para-hydroxylation sites is 1. The first-order chi connectivity index (χ1) is 9.24. The monoisotopic (exact) mass is 257 g/mol. The van der Waals surface area contributed by atoms with E-state index in [9.17, 15) is 4.79 Å². The molecule has 1 aliphatic rings. The zero-order chi connectivity index (χ0) is 13.2. The van der Waals surface area contributed by atoms with Crippen LogP contribution in [0.4, 0.5) is 0 Å². The van der Waals surface area contributed by atoms with Crippen molar-refractivity contribution in [2.45, 2.75) is 19.4 Å². The molecule has 3 rings (SSSR count). The van der Waals surface area contributed by atoms with Crippen LogP contribution in [0.5, 0.6) is 5.75 Å². The molecule has 4 heteroatoms. The Hall–Kier alpha value is -2.23. The Morgan fingerprint density at radius 3 is 2.89 bits per heavy atom. The summed E-state index contributed by atoms with van der Waals surface area (Å²) < 4.78 is 10.9. The van der Waals surface area contributed by atoms with Crippen molar-refractivity contribution >= 4 is 5.91 Å². The number of aryl methyl sites for hydroxylation is 1. The lowest BCUT2D eigenvalue weighted by molar-refractivity contribution is 0.0895. The molecular formula is C15H15NO3. The predicted molar refractivity (Wildman–Crippen MR) is 70.2 cm³/mol. The van der Waals surface area contributed by atoms with E-state index in [0.717, 1.165) is 23.5 Å². The van der Waals surface area contributed by atoms with Crippen LogP contribution in [0.15, 0.2) is 40.8 Å². The number of ether oxygens (including phenoxy) is 1. The van der Waals surface area contributed by atoms with Crippen molar-refractivity contribution in [2.75, 3.05) is 6.61 Å². The lowest BCUT2D eigenvalue weighted by Crippen LogP contribution is -2.31. The van der Waals surface area contributed by atoms with Gasteiger partial charge < -0.3 is 14.5 Å². The molecule has 1 aliphatic heterocycles. The van der Waals surface area contributed by atoms with E-state index in [2.05, 4.69) is 5.32 Å². The van der Waals surface area contributed by atoms with E-state index in [-0.39, 0.29) is 11.9 Å². The average molecular weight is 257 g/mol. The number of hydrogen-bond donors (Lipinski definition) is 1. The summed E-state index contributed by atoms with van der Waals surface area (Å²) in [6, 6.07) is 11.2. The molecule has 4 nitrogen and oxygen atoms in total. The summed E-state index contributed by atoms with van der Waals surface area (Å²) in [7, 11) is 0. The van der Waals surface area contributed by atoms with Gasteiger partial charge in [-0.1, -0.05) is 18.2 Å². The molecule has 1 aromatic heterocycles. The second-order valence-electron chi connectivity index (χ2n) is 4.61. The molecule has 1 N–H and O–H groups in total. The summed E-state index contributed by atoms with van der Waals surface area (Å²) in [5.74, 6) is 1.74. The molecule has 1 unspecified atom stereocenters. The molecule has 0 saturated heterocycles. The van der Waals surface area contributed by atoms with Gasteiger partial charge in [0, 0.05) is 12.0 Å². The van der Waals surface area contributed by atoms with Gasteiger partial charge >= 0.3 is 0 Å². The molecular weight excluding hydrogens is 242 g/mol. The number of carbonyl (C=O) groups excluding carboxylic acids is 1. The van der Waals surface area contributed by atoms with Gasteiger partial charge in [-0.25, -0.2) is 0 Å². The second-order valence-corrected chi connectivity index (χ2v) is 4.61. The van der Waals surface area contributed by atoms with Gasteiger partial charge in [0.25, 0.3) is 5.91 Å². The van der Waals surface area contributed by atoms with E-state index in [1.807, 2.05) is 31.2 Å². The van der Waals surface area contributed by atoms with E-state index in [1.165, 1.54) is 0 Å². The Morgan fingerprint density at radius 1 is 1.26 bits per heavy atom. The molecule has 0 radical (unpaired) electrons. The Labute approximate surface area is 111 Å². The summed E-state index contributed by atoms with van der Waals surface area (Å²) in [6.45, 7) is 2.43. The first kappa shape index (κ1) is 11.8. The van der Waals surface area contributed by atoms with E-state index in [4.69, 9.17) is 9.15 Å². The number of hydrogen-bond acceptors (Lipinski definition) is 3. The molecule has 0 fully saturated rings. The number of amides is 1. The highest BCUT2D eigenvalue weighted by Gasteiger charge is 2.23. The predicted octanol–water partition coefficient (Wildman–Crippen LogP) is 2.84. The minimum atomic E-state index is -0.185. The number of nitrogens with one attached hydrogen (secondary N) is 1. The second kappa shape index (κ2) is 4.80. The number of rotatable bonds is 2. The molecule has 1 aromatic carbocycles. The van der Waals surface area contributed by atoms with Crippen molar-refractivity contribution < 1.29 is 13.9 Å². The van der Waals surface area contributed by atoms with Gasteiger partial charge in [0.15, 0.2) is 5.76 Å². The smallest absolute Gasteiger partial charge is 0.287 e. The van der Waals surface area contributed by atoms with Crippen LogP contribution in [-0.2, 0) is 0 Å². The maximum atomic E-state index is 12.1. The SMILES string of the molecule is Cc1ccc(C(=O)NC2CCOc3ccccc32)o1. The van der Waals surface area contributed by atoms with Crippen LogP contribution in [0.25, 0.3) is 0 Å². The summed E-state index contributed by atoms with van der Waals surface area (Å²) in [4.78, 5) is 12.1. The van der Waals surface area contributed by atoms with E-state index >= 15 is 0 Å². The van der Waals surface area contributed by atoms with Crippen LogP contribution in [0.3, 0.4) is 0 Å². The van der Waals surface area contributed by atoms with Crippen LogP contribution in [0.1, 0.15) is 34.3 Å². The molecule has 2 heterocycles. The zero-order valence-corrected chi connectivity index (χ0v) is 10.7. The van der Waals surface area contributed by atoms with Gasteiger partial charge in [-0.15, -0.1) is 0 Å². The fourth-order valence-corrected chi connectivity index (χ4v) is 2.28. The Morgan fingerprint density at radius 2 is 2.11 bits per heavy atom. The fraction of sp³-hybridized carbons (Fsp3) is 0.267. The number of fused-ring (bicyclic) bond motifs is 1. The van der Waals surface area contributed by atoms with Crippen LogP contribution < -0.4 is 10.1 Å². The summed E-state index contributed by atoms with van der Waals surface area (Å²) in [5, 5.41) is 2.99. The van der Waals surface area contributed by atoms with Gasteiger partial charge in [0.05, 0.1) is 12.6 Å². The molecule has 0 bridgehead atoms. The Balaban J connectivity index is 1.79. The molecule has 1 amide bonds. The fourth-order valence-electron chi connectivity index (χ4n) is 2.28. The van der Waals surface area contributed by atoms with E-state index in [0.29, 0.717) is 12.4 Å². The van der Waals surface area contributed by atoms with Crippen LogP contribution in [0.2, 0.25) is 0 Å². The van der Waals surface area contributed by atoms with Crippen molar-refractivity contribution in [3.8, 4) is 5.75 Å². The largest absolute Gasteiger partial charge is 0.493 e. The molecule has 98 valence electrons. The molecule has 0 saturated carbocycles. The van der Waals surface area contributed by atoms with Gasteiger partial charge in [0.1, 0.15) is 11.5 Å². The lowest BCUT2D eigenvalue weighted by atomic mass is 10.0. The third kappa shape index (κ3) is 2.34. The number of carbonyl (C=O) groups is 1. The van der Waals surface area contributed by atoms with Crippen molar-refractivity contribution in [2.24, 2.45) is 0 Å². The zero-order valence-electron chi connectivity index (χ0n) is 10.7. The highest BCUT2D eigenvalue weighted by Crippen LogP contribution is 2.31. The van der Waals surface area contributed by atoms with Crippen molar-refractivity contribution in [3.63, 3.8) is 0 Å². The molecule has 2 aromatic rings. The highest BCUT2D eigenvalue weighted by atomic mass is 16.5. The summed E-state index contributed by atoms with van der Waals surface area (Å²) in [5.41, 5.74) is 1.02. The number of furan rings is 1. The van der Waals surface area contributed by atoms with Crippen LogP contribution >= 0.6 is 0 Å². The summed E-state index contributed by atoms with van der Waals surface area (Å²) >= 11 is 0. The van der Waals surface area contributed by atoms with Gasteiger partial charge in [-0.2, -0.15) is 0 Å². The van der Waals surface area contributed by atoms with E-state index < -0.39 is 0 Å². The minimum absolute atomic E-state index is 0.0251. The topological polar surface area (TPSA) is 51.5 Å². The van der Waals surface area contributed by atoms with Gasteiger partial charge in [-0.05, 0) is 25.1 Å². The van der Waals surface area contributed by atoms with Crippen LogP contribution in [-0.4, -0.2) is 12.5 Å². The number of benzene rings is 1. The molecule has 0 spiro atoms. The third-order valence-electron chi connectivity index (χ3n) is 3.23. The van der Waals surface area contributed by atoms with Gasteiger partial charge in [0.2, 0.25) is 0 Å². The maximum Gasteiger partial charge on any atom is 0.287 e. The lowest BCUT2D eigenvalue weighted by Gasteiger charge is -2.26. The summed E-state index contributed by atoms with van der Waals surface area (Å²) in [6.07, 6.45) is 0.766. The van der Waals surface area contributed by atoms with Crippen LogP contribution in [0, 0.1) is 6.92 Å². The first-order valence-electron chi connectivity index (χ1n) is 6.33. The normalized spacial score (nSPS) is 17.4. The Bertz CT molecular complexity index is 603. The molecule has 19 heavy (non-hydrogen) atoms. The standard InChI is InChI=1S/C15H15NO3/c1-10-6-7-14(19-10)15(17)16-12-8-9-18-13-5-3-2-4-11(12)13/h2-7,12H,8-9H2,1H3,(H,16,17). The van der Waals surface area contributed by atoms with Crippen molar-refractivity contribution in [1.29, 1.82) is 0 Å². The first-order valence-corrected chi connectivity index (χ1v) is 6.33. The van der Waals surface area contributed by atoms with Gasteiger partial charge in [-0.3, -0.25) is 4.79 Å².